The van der Waals surface area contributed by atoms with Crippen molar-refractivity contribution in [1.82, 2.24) is 4.31 Å². The Morgan fingerprint density at radius 2 is 2.28 bits per heavy atom. The normalized spacial score (nSPS) is 21.1. The molecule has 2 heterocycles. The van der Waals surface area contributed by atoms with Crippen LogP contribution in [-0.4, -0.2) is 38.0 Å². The van der Waals surface area contributed by atoms with E-state index < -0.39 is 15.6 Å². The molecule has 0 aromatic carbocycles. The van der Waals surface area contributed by atoms with E-state index in [1.165, 1.54) is 15.6 Å². The summed E-state index contributed by atoms with van der Waals surface area (Å²) >= 11 is 1.38. The van der Waals surface area contributed by atoms with Crippen LogP contribution in [-0.2, 0) is 21.3 Å². The van der Waals surface area contributed by atoms with Crippen LogP contribution in [0.3, 0.4) is 0 Å². The first kappa shape index (κ1) is 14.0. The van der Waals surface area contributed by atoms with Crippen molar-refractivity contribution in [1.29, 1.82) is 0 Å². The average molecular weight is 290 g/mol. The van der Waals surface area contributed by atoms with Gasteiger partial charge in [-0.15, -0.1) is 11.3 Å². The summed E-state index contributed by atoms with van der Waals surface area (Å²) in [5, 5.41) is 1.66. The highest BCUT2D eigenvalue weighted by atomic mass is 32.2. The average Bonchev–Trinajstić information content (AvgIpc) is 2.77. The number of thiophene rings is 1. The van der Waals surface area contributed by atoms with Gasteiger partial charge in [-0.1, -0.05) is 0 Å². The Morgan fingerprint density at radius 3 is 2.83 bits per heavy atom. The van der Waals surface area contributed by atoms with Crippen LogP contribution < -0.4 is 5.73 Å². The van der Waals surface area contributed by atoms with Gasteiger partial charge in [-0.25, -0.2) is 8.42 Å². The van der Waals surface area contributed by atoms with E-state index in [4.69, 9.17) is 10.5 Å². The highest BCUT2D eigenvalue weighted by molar-refractivity contribution is 7.89. The third kappa shape index (κ3) is 2.46. The van der Waals surface area contributed by atoms with Gasteiger partial charge in [0.05, 0.1) is 23.6 Å². The summed E-state index contributed by atoms with van der Waals surface area (Å²) in [4.78, 5) is 1.21. The molecule has 0 saturated carbocycles. The molecule has 0 amide bonds. The number of hydrogen-bond donors (Lipinski definition) is 1. The summed E-state index contributed by atoms with van der Waals surface area (Å²) in [6.45, 7) is 5.37. The number of morpholine rings is 1. The van der Waals surface area contributed by atoms with Crippen LogP contribution in [0.5, 0.6) is 0 Å². The van der Waals surface area contributed by atoms with Gasteiger partial charge in [0, 0.05) is 23.3 Å². The highest BCUT2D eigenvalue weighted by Crippen LogP contribution is 2.29. The summed E-state index contributed by atoms with van der Waals surface area (Å²) in [6, 6.07) is 1.66. The van der Waals surface area contributed by atoms with E-state index in [-0.39, 0.29) is 0 Å². The lowest BCUT2D eigenvalue weighted by atomic mass is 10.1. The standard InChI is InChI=1S/C11H18N2O3S2/c1-11(2)8-16-4-3-13(11)18(14,15)10-5-9(6-12)17-7-10/h5,7H,3-4,6,8,12H2,1-2H3. The molecule has 0 aliphatic carbocycles. The van der Waals surface area contributed by atoms with E-state index in [9.17, 15) is 8.42 Å². The zero-order chi connectivity index (χ0) is 13.4. The van der Waals surface area contributed by atoms with Crippen molar-refractivity contribution < 1.29 is 13.2 Å². The Labute approximate surface area is 112 Å². The molecule has 1 saturated heterocycles. The lowest BCUT2D eigenvalue weighted by Gasteiger charge is -2.40. The molecule has 2 rings (SSSR count). The third-order valence-corrected chi connectivity index (χ3v) is 6.18. The van der Waals surface area contributed by atoms with E-state index in [0.29, 0.717) is 31.2 Å². The molecule has 1 aromatic rings. The molecule has 1 aromatic heterocycles. The summed E-state index contributed by atoms with van der Waals surface area (Å²) in [5.74, 6) is 0. The van der Waals surface area contributed by atoms with Gasteiger partial charge in [0.1, 0.15) is 0 Å². The topological polar surface area (TPSA) is 72.6 Å². The van der Waals surface area contributed by atoms with Crippen molar-refractivity contribution in [3.63, 3.8) is 0 Å². The fourth-order valence-electron chi connectivity index (χ4n) is 2.02. The molecule has 2 N–H and O–H groups in total. The Kier molecular flexibility index (Phi) is 3.80. The van der Waals surface area contributed by atoms with Crippen LogP contribution >= 0.6 is 11.3 Å². The fraction of sp³-hybridized carbons (Fsp3) is 0.636. The molecule has 1 aliphatic rings. The zero-order valence-electron chi connectivity index (χ0n) is 10.5. The molecule has 1 fully saturated rings. The first-order valence-electron chi connectivity index (χ1n) is 5.76. The SMILES string of the molecule is CC1(C)COCCN1S(=O)(=O)c1csc(CN)c1. The van der Waals surface area contributed by atoms with Gasteiger partial charge < -0.3 is 10.5 Å². The van der Waals surface area contributed by atoms with Crippen molar-refractivity contribution in [2.24, 2.45) is 5.73 Å². The van der Waals surface area contributed by atoms with Crippen molar-refractivity contribution in [2.75, 3.05) is 19.8 Å². The highest BCUT2D eigenvalue weighted by Gasteiger charge is 2.39. The molecular formula is C11H18N2O3S2. The first-order valence-corrected chi connectivity index (χ1v) is 8.08. The van der Waals surface area contributed by atoms with Gasteiger partial charge in [-0.05, 0) is 19.9 Å². The van der Waals surface area contributed by atoms with Crippen LogP contribution in [0.15, 0.2) is 16.3 Å². The second-order valence-electron chi connectivity index (χ2n) is 4.90. The Hall–Kier alpha value is -0.470. The van der Waals surface area contributed by atoms with Gasteiger partial charge in [-0.2, -0.15) is 4.31 Å². The van der Waals surface area contributed by atoms with Crippen LogP contribution in [0.25, 0.3) is 0 Å². The first-order chi connectivity index (χ1) is 8.38. The predicted molar refractivity (Wildman–Crippen MR) is 71.0 cm³/mol. The van der Waals surface area contributed by atoms with E-state index in [2.05, 4.69) is 0 Å². The minimum Gasteiger partial charge on any atom is -0.378 e. The smallest absolute Gasteiger partial charge is 0.244 e. The van der Waals surface area contributed by atoms with Gasteiger partial charge in [-0.3, -0.25) is 0 Å². The minimum atomic E-state index is -3.45. The quantitative estimate of drug-likeness (QED) is 0.901. The van der Waals surface area contributed by atoms with Crippen LogP contribution in [0, 0.1) is 0 Å². The maximum atomic E-state index is 12.6. The summed E-state index contributed by atoms with van der Waals surface area (Å²) in [5.41, 5.74) is 5.01. The molecular weight excluding hydrogens is 272 g/mol. The molecule has 0 spiro atoms. The maximum absolute atomic E-state index is 12.6. The number of sulfonamides is 1. The molecule has 7 heteroatoms. The molecule has 0 radical (unpaired) electrons. The predicted octanol–water partition coefficient (Wildman–Crippen LogP) is 1.01. The molecule has 0 unspecified atom stereocenters. The minimum absolute atomic E-state index is 0.336. The summed E-state index contributed by atoms with van der Waals surface area (Å²) in [7, 11) is -3.45. The monoisotopic (exact) mass is 290 g/mol. The molecule has 0 atom stereocenters. The van der Waals surface area contributed by atoms with Crippen LogP contribution in [0.4, 0.5) is 0 Å². The molecule has 18 heavy (non-hydrogen) atoms. The largest absolute Gasteiger partial charge is 0.378 e. The Balaban J connectivity index is 2.35. The second-order valence-corrected chi connectivity index (χ2v) is 7.75. The fourth-order valence-corrected chi connectivity index (χ4v) is 4.92. The molecule has 102 valence electrons. The summed E-state index contributed by atoms with van der Waals surface area (Å²) in [6.07, 6.45) is 0. The van der Waals surface area contributed by atoms with Crippen LogP contribution in [0.1, 0.15) is 18.7 Å². The van der Waals surface area contributed by atoms with Crippen LogP contribution in [0.2, 0.25) is 0 Å². The Morgan fingerprint density at radius 1 is 1.56 bits per heavy atom. The van der Waals surface area contributed by atoms with Gasteiger partial charge >= 0.3 is 0 Å². The van der Waals surface area contributed by atoms with E-state index in [0.717, 1.165) is 4.88 Å². The maximum Gasteiger partial charge on any atom is 0.244 e. The number of ether oxygens (including phenoxy) is 1. The van der Waals surface area contributed by atoms with E-state index >= 15 is 0 Å². The number of hydrogen-bond acceptors (Lipinski definition) is 5. The lowest BCUT2D eigenvalue weighted by molar-refractivity contribution is -0.00769. The number of nitrogens with two attached hydrogens (primary N) is 1. The van der Waals surface area contributed by atoms with Gasteiger partial charge in [0.15, 0.2) is 0 Å². The Bertz CT molecular complexity index is 522. The van der Waals surface area contributed by atoms with Gasteiger partial charge in [0.2, 0.25) is 10.0 Å². The molecule has 0 bridgehead atoms. The molecule has 5 nitrogen and oxygen atoms in total. The lowest BCUT2D eigenvalue weighted by Crippen LogP contribution is -2.55. The number of nitrogens with zero attached hydrogens (tertiary/aromatic N) is 1. The van der Waals surface area contributed by atoms with E-state index in [1.54, 1.807) is 11.4 Å². The summed E-state index contributed by atoms with van der Waals surface area (Å²) < 4.78 is 32.0. The van der Waals surface area contributed by atoms with Gasteiger partial charge in [0.25, 0.3) is 0 Å². The zero-order valence-corrected chi connectivity index (χ0v) is 12.2. The van der Waals surface area contributed by atoms with Crippen molar-refractivity contribution in [3.05, 3.63) is 16.3 Å². The second kappa shape index (κ2) is 4.90. The van der Waals surface area contributed by atoms with Crippen molar-refractivity contribution in [2.45, 2.75) is 30.8 Å². The molecule has 1 aliphatic heterocycles. The van der Waals surface area contributed by atoms with E-state index in [1.807, 2.05) is 13.8 Å². The van der Waals surface area contributed by atoms with Crippen molar-refractivity contribution >= 4 is 21.4 Å². The number of rotatable bonds is 3. The third-order valence-electron chi connectivity index (χ3n) is 2.99. The van der Waals surface area contributed by atoms with Crippen molar-refractivity contribution in [3.8, 4) is 0 Å².